The van der Waals surface area contributed by atoms with Crippen molar-refractivity contribution in [1.29, 1.82) is 0 Å². The molecule has 0 aromatic rings. The van der Waals surface area contributed by atoms with Gasteiger partial charge < -0.3 is 5.32 Å². The summed E-state index contributed by atoms with van der Waals surface area (Å²) in [6.07, 6.45) is 11.2. The predicted octanol–water partition coefficient (Wildman–Crippen LogP) is 3.49. The first-order valence-corrected chi connectivity index (χ1v) is 6.12. The summed E-state index contributed by atoms with van der Waals surface area (Å²) in [5.74, 6) is 0. The molecule has 1 rings (SSSR count). The molecular weight excluding hydrogens is 158 g/mol. The zero-order valence-electron chi connectivity index (χ0n) is 9.31. The second kappa shape index (κ2) is 6.42. The third kappa shape index (κ3) is 4.12. The molecule has 1 heterocycles. The van der Waals surface area contributed by atoms with E-state index in [1.165, 1.54) is 51.4 Å². The first kappa shape index (κ1) is 11.0. The van der Waals surface area contributed by atoms with Crippen molar-refractivity contribution in [2.45, 2.75) is 77.3 Å². The van der Waals surface area contributed by atoms with Crippen molar-refractivity contribution in [3.63, 3.8) is 0 Å². The Morgan fingerprint density at radius 3 is 2.23 bits per heavy atom. The number of hydrogen-bond acceptors (Lipinski definition) is 1. The van der Waals surface area contributed by atoms with Gasteiger partial charge in [0, 0.05) is 12.1 Å². The normalized spacial score (nSPS) is 28.2. The van der Waals surface area contributed by atoms with Gasteiger partial charge in [0.2, 0.25) is 0 Å². The molecule has 1 saturated heterocycles. The average Bonchev–Trinajstić information content (AvgIpc) is 2.54. The molecule has 0 spiro atoms. The summed E-state index contributed by atoms with van der Waals surface area (Å²) in [7, 11) is 0. The Kier molecular flexibility index (Phi) is 5.45. The van der Waals surface area contributed by atoms with E-state index >= 15 is 0 Å². The van der Waals surface area contributed by atoms with Crippen LogP contribution in [0.5, 0.6) is 0 Å². The van der Waals surface area contributed by atoms with Crippen LogP contribution in [0.3, 0.4) is 0 Å². The predicted molar refractivity (Wildman–Crippen MR) is 59.0 cm³/mol. The fraction of sp³-hybridized carbons (Fsp3) is 1.00. The van der Waals surface area contributed by atoms with Gasteiger partial charge in [-0.1, -0.05) is 39.5 Å². The molecule has 1 aliphatic heterocycles. The molecule has 78 valence electrons. The third-order valence-corrected chi connectivity index (χ3v) is 3.13. The summed E-state index contributed by atoms with van der Waals surface area (Å²) in [4.78, 5) is 0. The van der Waals surface area contributed by atoms with Crippen LogP contribution in [0.1, 0.15) is 65.2 Å². The maximum Gasteiger partial charge on any atom is 0.00702 e. The summed E-state index contributed by atoms with van der Waals surface area (Å²) in [5.41, 5.74) is 0. The van der Waals surface area contributed by atoms with E-state index in [9.17, 15) is 0 Å². The van der Waals surface area contributed by atoms with Crippen molar-refractivity contribution in [3.05, 3.63) is 0 Å². The Labute approximate surface area is 83.3 Å². The lowest BCUT2D eigenvalue weighted by Gasteiger charge is -2.13. The molecule has 0 bridgehead atoms. The van der Waals surface area contributed by atoms with E-state index in [0.717, 1.165) is 12.1 Å². The van der Waals surface area contributed by atoms with Gasteiger partial charge in [0.1, 0.15) is 0 Å². The van der Waals surface area contributed by atoms with Crippen molar-refractivity contribution in [2.24, 2.45) is 0 Å². The maximum absolute atomic E-state index is 3.75. The molecular formula is C12H25N. The van der Waals surface area contributed by atoms with Crippen LogP contribution in [0.2, 0.25) is 0 Å². The van der Waals surface area contributed by atoms with Crippen LogP contribution in [-0.4, -0.2) is 12.1 Å². The zero-order valence-corrected chi connectivity index (χ0v) is 9.31. The van der Waals surface area contributed by atoms with Gasteiger partial charge in [0.15, 0.2) is 0 Å². The van der Waals surface area contributed by atoms with Crippen molar-refractivity contribution >= 4 is 0 Å². The highest BCUT2D eigenvalue weighted by Gasteiger charge is 2.21. The van der Waals surface area contributed by atoms with Gasteiger partial charge in [-0.2, -0.15) is 0 Å². The Morgan fingerprint density at radius 1 is 0.923 bits per heavy atom. The second-order valence-corrected chi connectivity index (χ2v) is 4.42. The minimum absolute atomic E-state index is 0.844. The van der Waals surface area contributed by atoms with Gasteiger partial charge in [-0.25, -0.2) is 0 Å². The summed E-state index contributed by atoms with van der Waals surface area (Å²) in [6.45, 7) is 4.56. The zero-order chi connectivity index (χ0) is 9.52. The molecule has 0 aliphatic carbocycles. The summed E-state index contributed by atoms with van der Waals surface area (Å²) < 4.78 is 0. The van der Waals surface area contributed by atoms with Crippen LogP contribution in [0.15, 0.2) is 0 Å². The maximum atomic E-state index is 3.75. The molecule has 2 atom stereocenters. The number of hydrogen-bond donors (Lipinski definition) is 1. The highest BCUT2D eigenvalue weighted by Crippen LogP contribution is 2.20. The molecule has 0 aromatic heterocycles. The highest BCUT2D eigenvalue weighted by atomic mass is 15.0. The second-order valence-electron chi connectivity index (χ2n) is 4.42. The number of rotatable bonds is 6. The molecule has 0 aromatic carbocycles. The van der Waals surface area contributed by atoms with Gasteiger partial charge in [0.25, 0.3) is 0 Å². The van der Waals surface area contributed by atoms with E-state index in [2.05, 4.69) is 19.2 Å². The molecule has 13 heavy (non-hydrogen) atoms. The minimum atomic E-state index is 0.844. The fourth-order valence-corrected chi connectivity index (χ4v) is 2.35. The lowest BCUT2D eigenvalue weighted by Crippen LogP contribution is -2.28. The molecule has 1 heteroatoms. The molecule has 1 aliphatic rings. The SMILES string of the molecule is CCCCCC1CCC(CCC)N1. The summed E-state index contributed by atoms with van der Waals surface area (Å²) >= 11 is 0. The van der Waals surface area contributed by atoms with Crippen molar-refractivity contribution in [1.82, 2.24) is 5.32 Å². The van der Waals surface area contributed by atoms with Crippen LogP contribution in [-0.2, 0) is 0 Å². The molecule has 1 nitrogen and oxygen atoms in total. The van der Waals surface area contributed by atoms with E-state index in [1.807, 2.05) is 0 Å². The third-order valence-electron chi connectivity index (χ3n) is 3.13. The number of nitrogens with one attached hydrogen (secondary N) is 1. The van der Waals surface area contributed by atoms with Gasteiger partial charge in [-0.15, -0.1) is 0 Å². The molecule has 0 amide bonds. The Hall–Kier alpha value is -0.0400. The van der Waals surface area contributed by atoms with E-state index in [4.69, 9.17) is 0 Å². The van der Waals surface area contributed by atoms with Crippen molar-refractivity contribution in [2.75, 3.05) is 0 Å². The monoisotopic (exact) mass is 183 g/mol. The van der Waals surface area contributed by atoms with Crippen LogP contribution in [0, 0.1) is 0 Å². The van der Waals surface area contributed by atoms with E-state index in [-0.39, 0.29) is 0 Å². The molecule has 1 fully saturated rings. The summed E-state index contributed by atoms with van der Waals surface area (Å²) in [5, 5.41) is 3.75. The van der Waals surface area contributed by atoms with Crippen LogP contribution < -0.4 is 5.32 Å². The summed E-state index contributed by atoms with van der Waals surface area (Å²) in [6, 6.07) is 1.69. The van der Waals surface area contributed by atoms with Crippen LogP contribution >= 0.6 is 0 Å². The van der Waals surface area contributed by atoms with Gasteiger partial charge in [-0.3, -0.25) is 0 Å². The molecule has 0 saturated carbocycles. The van der Waals surface area contributed by atoms with Crippen molar-refractivity contribution in [3.8, 4) is 0 Å². The van der Waals surface area contributed by atoms with E-state index in [1.54, 1.807) is 0 Å². The largest absolute Gasteiger partial charge is 0.311 e. The van der Waals surface area contributed by atoms with Gasteiger partial charge in [-0.05, 0) is 25.7 Å². The van der Waals surface area contributed by atoms with Gasteiger partial charge in [0.05, 0.1) is 0 Å². The van der Waals surface area contributed by atoms with Gasteiger partial charge >= 0.3 is 0 Å². The lowest BCUT2D eigenvalue weighted by molar-refractivity contribution is 0.471. The first-order chi connectivity index (χ1) is 6.36. The smallest absolute Gasteiger partial charge is 0.00702 e. The highest BCUT2D eigenvalue weighted by molar-refractivity contribution is 4.82. The van der Waals surface area contributed by atoms with Crippen molar-refractivity contribution < 1.29 is 0 Å². The van der Waals surface area contributed by atoms with E-state index in [0.29, 0.717) is 0 Å². The Balaban J connectivity index is 2.03. The minimum Gasteiger partial charge on any atom is -0.311 e. The quantitative estimate of drug-likeness (QED) is 0.622. The topological polar surface area (TPSA) is 12.0 Å². The Bertz CT molecular complexity index is 122. The fourth-order valence-electron chi connectivity index (χ4n) is 2.35. The lowest BCUT2D eigenvalue weighted by atomic mass is 10.1. The van der Waals surface area contributed by atoms with E-state index < -0.39 is 0 Å². The standard InChI is InChI=1S/C12H25N/c1-3-5-6-8-12-10-9-11(13-12)7-4-2/h11-13H,3-10H2,1-2H3. The van der Waals surface area contributed by atoms with Crippen LogP contribution in [0.4, 0.5) is 0 Å². The number of unbranched alkanes of at least 4 members (excludes halogenated alkanes) is 2. The van der Waals surface area contributed by atoms with Crippen LogP contribution in [0.25, 0.3) is 0 Å². The molecule has 1 N–H and O–H groups in total. The molecule has 0 radical (unpaired) electrons. The molecule has 2 unspecified atom stereocenters. The Morgan fingerprint density at radius 2 is 1.62 bits per heavy atom. The average molecular weight is 183 g/mol. The first-order valence-electron chi connectivity index (χ1n) is 6.12.